The van der Waals surface area contributed by atoms with Crippen molar-refractivity contribution in [3.05, 3.63) is 0 Å². The third-order valence-corrected chi connectivity index (χ3v) is 0.387. The third-order valence-electron chi connectivity index (χ3n) is 0.387. The van der Waals surface area contributed by atoms with E-state index in [-0.39, 0.29) is 18.6 Å². The number of aliphatic hydroxyl groups is 3. The maximum absolute atomic E-state index is 9.01. The Morgan fingerprint density at radius 1 is 0.688 bits per heavy atom. The van der Waals surface area contributed by atoms with E-state index in [4.69, 9.17) is 45.0 Å². The molecule has 0 amide bonds. The van der Waals surface area contributed by atoms with Crippen molar-refractivity contribution >= 4 is 17.9 Å². The molecule has 0 heterocycles. The van der Waals surface area contributed by atoms with Crippen molar-refractivity contribution in [2.45, 2.75) is 0 Å². The van der Waals surface area contributed by atoms with Crippen molar-refractivity contribution in [2.75, 3.05) is 19.8 Å². The van der Waals surface area contributed by atoms with Crippen LogP contribution in [0.2, 0.25) is 0 Å². The summed E-state index contributed by atoms with van der Waals surface area (Å²) in [6.45, 7) is -2.67. The molecule has 0 fully saturated rings. The SMILES string of the molecule is O=C([O-])CO.O=C([O-])CO.O=C([O-])CO.[V+3]. The van der Waals surface area contributed by atoms with Gasteiger partial charge in [-0.3, -0.25) is 0 Å². The van der Waals surface area contributed by atoms with Crippen molar-refractivity contribution < 1.29 is 63.6 Å². The van der Waals surface area contributed by atoms with Crippen molar-refractivity contribution in [1.82, 2.24) is 0 Å². The maximum Gasteiger partial charge on any atom is 3.00 e. The van der Waals surface area contributed by atoms with Gasteiger partial charge >= 0.3 is 18.6 Å². The average molecular weight is 276 g/mol. The van der Waals surface area contributed by atoms with Crippen LogP contribution in [0, 0.1) is 0 Å². The van der Waals surface area contributed by atoms with Crippen LogP contribution in [-0.4, -0.2) is 53.0 Å². The van der Waals surface area contributed by atoms with E-state index in [1.165, 1.54) is 0 Å². The molecular weight excluding hydrogens is 267 g/mol. The van der Waals surface area contributed by atoms with Crippen LogP contribution in [0.5, 0.6) is 0 Å². The molecule has 0 aliphatic rings. The van der Waals surface area contributed by atoms with Gasteiger partial charge in [0, 0.05) is 0 Å². The van der Waals surface area contributed by atoms with E-state index in [0.717, 1.165) is 0 Å². The molecule has 9 nitrogen and oxygen atoms in total. The molecule has 0 unspecified atom stereocenters. The molecule has 0 aliphatic heterocycles. The number of aliphatic hydroxyl groups excluding tert-OH is 3. The number of carboxylic acids is 3. The van der Waals surface area contributed by atoms with E-state index in [2.05, 4.69) is 0 Å². The van der Waals surface area contributed by atoms with Crippen molar-refractivity contribution in [3.8, 4) is 0 Å². The normalized spacial score (nSPS) is 6.94. The Morgan fingerprint density at radius 2 is 0.750 bits per heavy atom. The number of carboxylic acid groups (broad SMARTS) is 3. The van der Waals surface area contributed by atoms with Gasteiger partial charge in [-0.15, -0.1) is 0 Å². The second-order valence-corrected chi connectivity index (χ2v) is 1.59. The van der Waals surface area contributed by atoms with Crippen LogP contribution in [0.3, 0.4) is 0 Å². The predicted octanol–water partition coefficient (Wildman–Crippen LogP) is -6.82. The Labute approximate surface area is 102 Å². The Kier molecular flexibility index (Phi) is 29.4. The summed E-state index contributed by atoms with van der Waals surface area (Å²) in [5.41, 5.74) is 0. The standard InChI is InChI=1S/3C2H4O3.V/c3*3-1-2(4)5;/h3*3H,1H2,(H,4,5);/q;;;+3/p-3. The second kappa shape index (κ2) is 19.4. The summed E-state index contributed by atoms with van der Waals surface area (Å²) in [6.07, 6.45) is 0. The minimum absolute atomic E-state index is 0. The van der Waals surface area contributed by atoms with E-state index < -0.39 is 37.7 Å². The second-order valence-electron chi connectivity index (χ2n) is 1.59. The minimum Gasteiger partial charge on any atom is -0.548 e. The van der Waals surface area contributed by atoms with Gasteiger partial charge in [0.15, 0.2) is 0 Å². The predicted molar refractivity (Wildman–Crippen MR) is 36.3 cm³/mol. The Bertz CT molecular complexity index is 159. The fourth-order valence-corrected chi connectivity index (χ4v) is 0. The van der Waals surface area contributed by atoms with Crippen LogP contribution in [-0.2, 0) is 32.9 Å². The van der Waals surface area contributed by atoms with E-state index in [1.807, 2.05) is 0 Å². The van der Waals surface area contributed by atoms with Crippen LogP contribution in [0.25, 0.3) is 0 Å². The van der Waals surface area contributed by atoms with Gasteiger partial charge in [0.05, 0.1) is 37.7 Å². The fraction of sp³-hybridized carbons (Fsp3) is 0.500. The van der Waals surface area contributed by atoms with Crippen LogP contribution in [0.15, 0.2) is 0 Å². The van der Waals surface area contributed by atoms with Gasteiger partial charge < -0.3 is 45.0 Å². The van der Waals surface area contributed by atoms with Crippen molar-refractivity contribution in [3.63, 3.8) is 0 Å². The van der Waals surface area contributed by atoms with E-state index in [1.54, 1.807) is 0 Å². The van der Waals surface area contributed by atoms with Gasteiger partial charge in [0.25, 0.3) is 0 Å². The van der Waals surface area contributed by atoms with Crippen LogP contribution in [0.4, 0.5) is 0 Å². The monoisotopic (exact) mass is 276 g/mol. The molecule has 0 aromatic heterocycles. The molecular formula is C6H9O9V. The number of rotatable bonds is 3. The Hall–Kier alpha value is -1.13. The molecule has 0 rings (SSSR count). The summed E-state index contributed by atoms with van der Waals surface area (Å²) < 4.78 is 0. The zero-order valence-corrected chi connectivity index (χ0v) is 9.26. The molecule has 0 saturated heterocycles. The van der Waals surface area contributed by atoms with Gasteiger partial charge in [0.2, 0.25) is 0 Å². The summed E-state index contributed by atoms with van der Waals surface area (Å²) in [4.78, 5) is 27.0. The van der Waals surface area contributed by atoms with E-state index in [9.17, 15) is 0 Å². The van der Waals surface area contributed by atoms with Crippen LogP contribution in [0.1, 0.15) is 0 Å². The van der Waals surface area contributed by atoms with Gasteiger partial charge in [-0.25, -0.2) is 0 Å². The van der Waals surface area contributed by atoms with E-state index >= 15 is 0 Å². The number of hydrogen-bond donors (Lipinski definition) is 3. The molecule has 10 heteroatoms. The van der Waals surface area contributed by atoms with Gasteiger partial charge in [0.1, 0.15) is 0 Å². The first kappa shape index (κ1) is 24.2. The molecule has 0 spiro atoms. The molecule has 0 radical (unpaired) electrons. The molecule has 16 heavy (non-hydrogen) atoms. The van der Waals surface area contributed by atoms with Crippen molar-refractivity contribution in [1.29, 1.82) is 0 Å². The number of carbonyl (C=O) groups is 3. The van der Waals surface area contributed by atoms with Crippen LogP contribution >= 0.6 is 0 Å². The topological polar surface area (TPSA) is 181 Å². The first-order valence-electron chi connectivity index (χ1n) is 3.23. The van der Waals surface area contributed by atoms with Crippen molar-refractivity contribution in [2.24, 2.45) is 0 Å². The van der Waals surface area contributed by atoms with Crippen LogP contribution < -0.4 is 15.3 Å². The fourth-order valence-electron chi connectivity index (χ4n) is 0. The molecule has 0 aliphatic carbocycles. The molecule has 0 aromatic carbocycles. The summed E-state index contributed by atoms with van der Waals surface area (Å²) in [6, 6.07) is 0. The summed E-state index contributed by atoms with van der Waals surface area (Å²) in [5, 5.41) is 49.5. The third kappa shape index (κ3) is 76.4. The van der Waals surface area contributed by atoms with Gasteiger partial charge in [-0.2, -0.15) is 0 Å². The summed E-state index contributed by atoms with van der Waals surface area (Å²) in [7, 11) is 0. The molecule has 0 bridgehead atoms. The first-order valence-corrected chi connectivity index (χ1v) is 3.23. The number of hydrogen-bond acceptors (Lipinski definition) is 9. The number of carbonyl (C=O) groups excluding carboxylic acids is 3. The number of aliphatic carboxylic acids is 3. The molecule has 3 N–H and O–H groups in total. The molecule has 92 valence electrons. The smallest absolute Gasteiger partial charge is 0.548 e. The molecule has 0 atom stereocenters. The zero-order valence-electron chi connectivity index (χ0n) is 7.86. The summed E-state index contributed by atoms with van der Waals surface area (Å²) >= 11 is 0. The largest absolute Gasteiger partial charge is 3.00 e. The minimum atomic E-state index is -1.44. The van der Waals surface area contributed by atoms with E-state index in [0.29, 0.717) is 0 Å². The first-order chi connectivity index (χ1) is 6.81. The maximum atomic E-state index is 9.01. The molecule has 0 aromatic rings. The summed E-state index contributed by atoms with van der Waals surface area (Å²) in [5.74, 6) is -4.32. The van der Waals surface area contributed by atoms with Gasteiger partial charge in [-0.05, 0) is 0 Å². The molecule has 0 saturated carbocycles. The van der Waals surface area contributed by atoms with Gasteiger partial charge in [-0.1, -0.05) is 0 Å². The quantitative estimate of drug-likeness (QED) is 0.451. The average Bonchev–Trinajstić information content (AvgIpc) is 2.19. The zero-order chi connectivity index (χ0) is 12.9. The Balaban J connectivity index is -0.0000000655. The Morgan fingerprint density at radius 3 is 0.750 bits per heavy atom.